The van der Waals surface area contributed by atoms with Crippen molar-refractivity contribution in [3.63, 3.8) is 0 Å². The first-order chi connectivity index (χ1) is 9.36. The molecule has 0 radical (unpaired) electrons. The highest BCUT2D eigenvalue weighted by atomic mass is 16.5. The quantitative estimate of drug-likeness (QED) is 0.817. The second-order valence-electron chi connectivity index (χ2n) is 5.94. The number of hydrogen-bond acceptors (Lipinski definition) is 3. The van der Waals surface area contributed by atoms with Crippen molar-refractivity contribution in [2.45, 2.75) is 31.9 Å². The number of benzene rings is 1. The van der Waals surface area contributed by atoms with Gasteiger partial charge in [-0.15, -0.1) is 0 Å². The van der Waals surface area contributed by atoms with Crippen molar-refractivity contribution in [3.8, 4) is 0 Å². The average molecular weight is 261 g/mol. The van der Waals surface area contributed by atoms with Gasteiger partial charge in [-0.25, -0.2) is 0 Å². The minimum atomic E-state index is 0.192. The first-order valence-electron chi connectivity index (χ1n) is 7.29. The summed E-state index contributed by atoms with van der Waals surface area (Å²) in [7, 11) is 0. The maximum absolute atomic E-state index is 5.94. The summed E-state index contributed by atoms with van der Waals surface area (Å²) in [6.07, 6.45) is 3.78. The van der Waals surface area contributed by atoms with Crippen molar-refractivity contribution in [2.75, 3.05) is 26.4 Å². The summed E-state index contributed by atoms with van der Waals surface area (Å²) in [5, 5.41) is 3.63. The Hall–Kier alpha value is -0.900. The fraction of sp³-hybridized carbons (Fsp3) is 0.625. The normalized spacial score (nSPS) is 26.7. The van der Waals surface area contributed by atoms with Gasteiger partial charge in [0.05, 0.1) is 19.8 Å². The fourth-order valence-corrected chi connectivity index (χ4v) is 2.56. The number of ether oxygens (including phenoxy) is 2. The lowest BCUT2D eigenvalue weighted by Crippen LogP contribution is -2.39. The molecule has 1 saturated carbocycles. The third kappa shape index (κ3) is 3.78. The molecule has 1 heterocycles. The van der Waals surface area contributed by atoms with E-state index < -0.39 is 0 Å². The maximum atomic E-state index is 5.94. The van der Waals surface area contributed by atoms with Crippen molar-refractivity contribution in [1.29, 1.82) is 0 Å². The summed E-state index contributed by atoms with van der Waals surface area (Å²) in [5.74, 6) is 0. The van der Waals surface area contributed by atoms with Gasteiger partial charge in [0.1, 0.15) is 0 Å². The average Bonchev–Trinajstić information content (AvgIpc) is 3.17. The molecule has 0 spiro atoms. The van der Waals surface area contributed by atoms with Crippen LogP contribution >= 0.6 is 0 Å². The first-order valence-corrected chi connectivity index (χ1v) is 7.29. The van der Waals surface area contributed by atoms with Gasteiger partial charge in [-0.2, -0.15) is 0 Å². The van der Waals surface area contributed by atoms with Crippen molar-refractivity contribution >= 4 is 0 Å². The van der Waals surface area contributed by atoms with Crippen LogP contribution in [0.5, 0.6) is 0 Å². The Labute approximate surface area is 115 Å². The molecule has 0 aromatic heterocycles. The largest absolute Gasteiger partial charge is 0.381 e. The van der Waals surface area contributed by atoms with Gasteiger partial charge < -0.3 is 14.8 Å². The molecule has 0 amide bonds. The van der Waals surface area contributed by atoms with E-state index in [-0.39, 0.29) is 5.41 Å². The van der Waals surface area contributed by atoms with E-state index in [9.17, 15) is 0 Å². The molecule has 1 aromatic carbocycles. The topological polar surface area (TPSA) is 30.5 Å². The summed E-state index contributed by atoms with van der Waals surface area (Å²) in [5.41, 5.74) is 1.43. The molecule has 19 heavy (non-hydrogen) atoms. The van der Waals surface area contributed by atoms with Crippen LogP contribution in [-0.4, -0.2) is 32.4 Å². The molecule has 1 aliphatic carbocycles. The second-order valence-corrected chi connectivity index (χ2v) is 5.94. The fourth-order valence-electron chi connectivity index (χ4n) is 2.56. The number of nitrogens with one attached hydrogen (secondary N) is 1. The van der Waals surface area contributed by atoms with Crippen LogP contribution in [0, 0.1) is 5.41 Å². The highest BCUT2D eigenvalue weighted by Crippen LogP contribution is 2.30. The Morgan fingerprint density at radius 2 is 2.11 bits per heavy atom. The molecule has 1 atom stereocenters. The molecule has 1 aromatic rings. The molecule has 1 N–H and O–H groups in total. The van der Waals surface area contributed by atoms with Gasteiger partial charge in [0, 0.05) is 24.6 Å². The molecule has 1 aliphatic heterocycles. The van der Waals surface area contributed by atoms with Crippen LogP contribution < -0.4 is 5.32 Å². The van der Waals surface area contributed by atoms with Crippen LogP contribution in [0.1, 0.15) is 24.8 Å². The minimum absolute atomic E-state index is 0.192. The van der Waals surface area contributed by atoms with Gasteiger partial charge in [-0.3, -0.25) is 0 Å². The van der Waals surface area contributed by atoms with Gasteiger partial charge in [0.15, 0.2) is 0 Å². The summed E-state index contributed by atoms with van der Waals surface area (Å²) in [6, 6.07) is 11.1. The Morgan fingerprint density at radius 3 is 2.79 bits per heavy atom. The third-order valence-corrected chi connectivity index (χ3v) is 4.05. The highest BCUT2D eigenvalue weighted by molar-refractivity contribution is 5.13. The van der Waals surface area contributed by atoms with Crippen LogP contribution in [0.15, 0.2) is 30.3 Å². The predicted octanol–water partition coefficient (Wildman–Crippen LogP) is 2.36. The third-order valence-electron chi connectivity index (χ3n) is 4.05. The molecule has 3 nitrogen and oxygen atoms in total. The van der Waals surface area contributed by atoms with Gasteiger partial charge in [-0.1, -0.05) is 30.3 Å². The van der Waals surface area contributed by atoms with E-state index in [1.54, 1.807) is 0 Å². The molecule has 1 unspecified atom stereocenters. The Morgan fingerprint density at radius 1 is 1.26 bits per heavy atom. The molecular formula is C16H23NO2. The van der Waals surface area contributed by atoms with E-state index in [0.717, 1.165) is 38.8 Å². The zero-order valence-corrected chi connectivity index (χ0v) is 11.4. The standard InChI is InChI=1S/C16H23NO2/c1-2-4-14(5-3-1)10-19-13-16(8-9-18-12-16)11-17-15-6-7-15/h1-5,15,17H,6-13H2. The van der Waals surface area contributed by atoms with E-state index >= 15 is 0 Å². The SMILES string of the molecule is c1ccc(COCC2(CNC3CC3)CCOC2)cc1. The monoisotopic (exact) mass is 261 g/mol. The van der Waals surface area contributed by atoms with E-state index in [1.165, 1.54) is 18.4 Å². The van der Waals surface area contributed by atoms with Crippen molar-refractivity contribution < 1.29 is 9.47 Å². The summed E-state index contributed by atoms with van der Waals surface area (Å²) in [4.78, 5) is 0. The van der Waals surface area contributed by atoms with E-state index in [0.29, 0.717) is 6.61 Å². The van der Waals surface area contributed by atoms with E-state index in [4.69, 9.17) is 9.47 Å². The summed E-state index contributed by atoms with van der Waals surface area (Å²) >= 11 is 0. The predicted molar refractivity (Wildman–Crippen MR) is 75.0 cm³/mol. The lowest BCUT2D eigenvalue weighted by molar-refractivity contribution is 0.0250. The van der Waals surface area contributed by atoms with Crippen molar-refractivity contribution in [1.82, 2.24) is 5.32 Å². The smallest absolute Gasteiger partial charge is 0.0717 e. The second kappa shape index (κ2) is 6.04. The Balaban J connectivity index is 1.47. The Bertz CT molecular complexity index is 383. The zero-order valence-electron chi connectivity index (χ0n) is 11.4. The molecule has 2 aliphatic rings. The molecule has 0 bridgehead atoms. The Kier molecular flexibility index (Phi) is 4.16. The first kappa shape index (κ1) is 13.1. The molecule has 104 valence electrons. The van der Waals surface area contributed by atoms with Gasteiger partial charge >= 0.3 is 0 Å². The van der Waals surface area contributed by atoms with Crippen LogP contribution in [0.2, 0.25) is 0 Å². The maximum Gasteiger partial charge on any atom is 0.0717 e. The van der Waals surface area contributed by atoms with Gasteiger partial charge in [0.2, 0.25) is 0 Å². The van der Waals surface area contributed by atoms with Crippen LogP contribution in [-0.2, 0) is 16.1 Å². The van der Waals surface area contributed by atoms with Crippen LogP contribution in [0.3, 0.4) is 0 Å². The molecule has 1 saturated heterocycles. The molecular weight excluding hydrogens is 238 g/mol. The number of hydrogen-bond donors (Lipinski definition) is 1. The lowest BCUT2D eigenvalue weighted by Gasteiger charge is -2.27. The molecule has 3 rings (SSSR count). The van der Waals surface area contributed by atoms with Crippen LogP contribution in [0.25, 0.3) is 0 Å². The van der Waals surface area contributed by atoms with Gasteiger partial charge in [-0.05, 0) is 24.8 Å². The van der Waals surface area contributed by atoms with Gasteiger partial charge in [0.25, 0.3) is 0 Å². The minimum Gasteiger partial charge on any atom is -0.381 e. The highest BCUT2D eigenvalue weighted by Gasteiger charge is 2.36. The van der Waals surface area contributed by atoms with Crippen molar-refractivity contribution in [2.24, 2.45) is 5.41 Å². The lowest BCUT2D eigenvalue weighted by atomic mass is 9.88. The van der Waals surface area contributed by atoms with Crippen molar-refractivity contribution in [3.05, 3.63) is 35.9 Å². The molecule has 3 heteroatoms. The van der Waals surface area contributed by atoms with Crippen LogP contribution in [0.4, 0.5) is 0 Å². The molecule has 2 fully saturated rings. The van der Waals surface area contributed by atoms with E-state index in [2.05, 4.69) is 29.6 Å². The number of rotatable bonds is 7. The summed E-state index contributed by atoms with van der Waals surface area (Å²) in [6.45, 7) is 4.24. The summed E-state index contributed by atoms with van der Waals surface area (Å²) < 4.78 is 11.5. The zero-order chi connectivity index (χ0) is 13.0. The van der Waals surface area contributed by atoms with E-state index in [1.807, 2.05) is 6.07 Å².